The molecule has 0 spiro atoms. The molecule has 0 aromatic rings. The van der Waals surface area contributed by atoms with Crippen molar-refractivity contribution in [2.24, 2.45) is 5.41 Å². The summed E-state index contributed by atoms with van der Waals surface area (Å²) in [5.41, 5.74) is 1.72. The van der Waals surface area contributed by atoms with Crippen molar-refractivity contribution in [2.45, 2.75) is 52.1 Å². The van der Waals surface area contributed by atoms with Crippen molar-refractivity contribution in [3.63, 3.8) is 0 Å². The van der Waals surface area contributed by atoms with E-state index in [2.05, 4.69) is 26.5 Å². The smallest absolute Gasteiger partial charge is 0.0724 e. The van der Waals surface area contributed by atoms with E-state index in [0.29, 0.717) is 5.41 Å². The van der Waals surface area contributed by atoms with E-state index < -0.39 is 0 Å². The van der Waals surface area contributed by atoms with Crippen LogP contribution >= 0.6 is 0 Å². The number of unbranched alkanes of at least 4 members (excludes halogenated alkanes) is 1. The van der Waals surface area contributed by atoms with E-state index in [1.807, 2.05) is 6.08 Å². The summed E-state index contributed by atoms with van der Waals surface area (Å²) in [6.45, 7) is 8.28. The Labute approximate surface area is 87.5 Å². The van der Waals surface area contributed by atoms with E-state index in [1.165, 1.54) is 5.57 Å². The minimum Gasteiger partial charge on any atom is -0.389 e. The Morgan fingerprint density at radius 1 is 1.64 bits per heavy atom. The Bertz CT molecular complexity index is 225. The summed E-state index contributed by atoms with van der Waals surface area (Å²) in [5, 5.41) is 9.57. The molecule has 1 atom stereocenters. The molecule has 0 fully saturated rings. The topological polar surface area (TPSA) is 20.2 Å². The molecule has 80 valence electrons. The second-order valence-corrected chi connectivity index (χ2v) is 4.86. The van der Waals surface area contributed by atoms with Crippen LogP contribution in [0, 0.1) is 5.41 Å². The van der Waals surface area contributed by atoms with E-state index in [9.17, 15) is 5.11 Å². The second-order valence-electron chi connectivity index (χ2n) is 4.86. The second kappa shape index (κ2) is 4.79. The SMILES string of the molecule is C=CCCCC1=CC(O)CCC1(C)C. The molecule has 1 heteroatoms. The van der Waals surface area contributed by atoms with Crippen molar-refractivity contribution in [1.29, 1.82) is 0 Å². The van der Waals surface area contributed by atoms with Gasteiger partial charge in [-0.25, -0.2) is 0 Å². The highest BCUT2D eigenvalue weighted by Crippen LogP contribution is 2.39. The molecule has 0 heterocycles. The van der Waals surface area contributed by atoms with Crippen LogP contribution < -0.4 is 0 Å². The molecule has 0 amide bonds. The van der Waals surface area contributed by atoms with Gasteiger partial charge in [0.05, 0.1) is 6.10 Å². The Hall–Kier alpha value is -0.560. The molecule has 14 heavy (non-hydrogen) atoms. The number of allylic oxidation sites excluding steroid dienone is 2. The fraction of sp³-hybridized carbons (Fsp3) is 0.692. The largest absolute Gasteiger partial charge is 0.389 e. The highest BCUT2D eigenvalue weighted by molar-refractivity contribution is 5.17. The van der Waals surface area contributed by atoms with Crippen LogP contribution in [0.15, 0.2) is 24.3 Å². The van der Waals surface area contributed by atoms with E-state index in [1.54, 1.807) is 0 Å². The first-order chi connectivity index (χ1) is 6.56. The van der Waals surface area contributed by atoms with Crippen LogP contribution in [-0.2, 0) is 0 Å². The monoisotopic (exact) mass is 194 g/mol. The molecule has 1 rings (SSSR count). The summed E-state index contributed by atoms with van der Waals surface area (Å²) in [4.78, 5) is 0. The average molecular weight is 194 g/mol. The molecule has 1 aliphatic rings. The molecule has 1 nitrogen and oxygen atoms in total. The van der Waals surface area contributed by atoms with E-state index in [0.717, 1.165) is 32.1 Å². The minimum atomic E-state index is -0.207. The van der Waals surface area contributed by atoms with Gasteiger partial charge in [0.15, 0.2) is 0 Å². The lowest BCUT2D eigenvalue weighted by atomic mass is 9.73. The zero-order valence-corrected chi connectivity index (χ0v) is 9.42. The molecule has 0 aromatic carbocycles. The molecule has 1 N–H and O–H groups in total. The standard InChI is InChI=1S/C13H22O/c1-4-5-6-7-11-10-12(14)8-9-13(11,2)3/h4,10,12,14H,1,5-9H2,2-3H3. The molecular formula is C13H22O. The normalized spacial score (nSPS) is 25.6. The van der Waals surface area contributed by atoms with Gasteiger partial charge in [-0.15, -0.1) is 6.58 Å². The maximum absolute atomic E-state index is 9.57. The fourth-order valence-electron chi connectivity index (χ4n) is 2.07. The van der Waals surface area contributed by atoms with Gasteiger partial charge in [-0.2, -0.15) is 0 Å². The van der Waals surface area contributed by atoms with Gasteiger partial charge in [-0.3, -0.25) is 0 Å². The van der Waals surface area contributed by atoms with Gasteiger partial charge in [0.25, 0.3) is 0 Å². The van der Waals surface area contributed by atoms with Crippen LogP contribution in [0.4, 0.5) is 0 Å². The van der Waals surface area contributed by atoms with Gasteiger partial charge in [0, 0.05) is 0 Å². The number of hydrogen-bond donors (Lipinski definition) is 1. The molecular weight excluding hydrogens is 172 g/mol. The third-order valence-electron chi connectivity index (χ3n) is 3.18. The van der Waals surface area contributed by atoms with Gasteiger partial charge in [-0.1, -0.05) is 31.6 Å². The number of aliphatic hydroxyl groups excluding tert-OH is 1. The van der Waals surface area contributed by atoms with Crippen LogP contribution in [0.3, 0.4) is 0 Å². The van der Waals surface area contributed by atoms with Crippen LogP contribution in [0.5, 0.6) is 0 Å². The summed E-state index contributed by atoms with van der Waals surface area (Å²) >= 11 is 0. The minimum absolute atomic E-state index is 0.207. The third-order valence-corrected chi connectivity index (χ3v) is 3.18. The average Bonchev–Trinajstić information content (AvgIpc) is 2.12. The first-order valence-corrected chi connectivity index (χ1v) is 5.56. The lowest BCUT2D eigenvalue weighted by Gasteiger charge is -2.33. The predicted molar refractivity (Wildman–Crippen MR) is 61.2 cm³/mol. The van der Waals surface area contributed by atoms with Gasteiger partial charge < -0.3 is 5.11 Å². The maximum atomic E-state index is 9.57. The molecule has 0 aromatic heterocycles. The molecule has 1 unspecified atom stereocenters. The molecule has 0 saturated carbocycles. The van der Waals surface area contributed by atoms with Crippen molar-refractivity contribution in [1.82, 2.24) is 0 Å². The van der Waals surface area contributed by atoms with Crippen LogP contribution in [-0.4, -0.2) is 11.2 Å². The summed E-state index contributed by atoms with van der Waals surface area (Å²) in [6.07, 6.45) is 9.18. The quantitative estimate of drug-likeness (QED) is 0.537. The highest BCUT2D eigenvalue weighted by atomic mass is 16.3. The van der Waals surface area contributed by atoms with Gasteiger partial charge in [0.1, 0.15) is 0 Å². The lowest BCUT2D eigenvalue weighted by Crippen LogP contribution is -2.24. The summed E-state index contributed by atoms with van der Waals surface area (Å²) in [5.74, 6) is 0. The third kappa shape index (κ3) is 2.98. The van der Waals surface area contributed by atoms with Crippen LogP contribution in [0.1, 0.15) is 46.0 Å². The van der Waals surface area contributed by atoms with Crippen molar-refractivity contribution >= 4 is 0 Å². The van der Waals surface area contributed by atoms with Crippen molar-refractivity contribution in [2.75, 3.05) is 0 Å². The summed E-state index contributed by atoms with van der Waals surface area (Å²) < 4.78 is 0. The van der Waals surface area contributed by atoms with E-state index in [4.69, 9.17) is 0 Å². The van der Waals surface area contributed by atoms with E-state index in [-0.39, 0.29) is 6.10 Å². The maximum Gasteiger partial charge on any atom is 0.0724 e. The summed E-state index contributed by atoms with van der Waals surface area (Å²) in [6, 6.07) is 0. The highest BCUT2D eigenvalue weighted by Gasteiger charge is 2.27. The molecule has 0 saturated heterocycles. The first-order valence-electron chi connectivity index (χ1n) is 5.56. The van der Waals surface area contributed by atoms with Crippen molar-refractivity contribution in [3.05, 3.63) is 24.3 Å². The number of aliphatic hydroxyl groups is 1. The van der Waals surface area contributed by atoms with Crippen molar-refractivity contribution in [3.8, 4) is 0 Å². The zero-order chi connectivity index (χ0) is 10.6. The molecule has 0 aliphatic heterocycles. The Morgan fingerprint density at radius 2 is 2.36 bits per heavy atom. The predicted octanol–water partition coefficient (Wildman–Crippen LogP) is 3.45. The van der Waals surface area contributed by atoms with Gasteiger partial charge in [0.2, 0.25) is 0 Å². The Morgan fingerprint density at radius 3 is 3.00 bits per heavy atom. The molecule has 0 radical (unpaired) electrons. The fourth-order valence-corrected chi connectivity index (χ4v) is 2.07. The molecule has 0 bridgehead atoms. The van der Waals surface area contributed by atoms with E-state index >= 15 is 0 Å². The van der Waals surface area contributed by atoms with Gasteiger partial charge in [-0.05, 0) is 37.5 Å². The van der Waals surface area contributed by atoms with Crippen molar-refractivity contribution < 1.29 is 5.11 Å². The Balaban J connectivity index is 2.57. The Kier molecular flexibility index (Phi) is 3.94. The van der Waals surface area contributed by atoms with Crippen LogP contribution in [0.2, 0.25) is 0 Å². The van der Waals surface area contributed by atoms with Crippen LogP contribution in [0.25, 0.3) is 0 Å². The first kappa shape index (κ1) is 11.5. The van der Waals surface area contributed by atoms with Gasteiger partial charge >= 0.3 is 0 Å². The lowest BCUT2D eigenvalue weighted by molar-refractivity contribution is 0.172. The number of hydrogen-bond acceptors (Lipinski definition) is 1. The zero-order valence-electron chi connectivity index (χ0n) is 9.42. The molecule has 1 aliphatic carbocycles. The number of rotatable bonds is 4. The summed E-state index contributed by atoms with van der Waals surface area (Å²) in [7, 11) is 0.